The fraction of sp³-hybridized carbons (Fsp3) is 0.632. The SMILES string of the molecule is Cc1cc2nc(C)c(CCC(=O)NC3CCCCCC3)c(C)n2n1. The summed E-state index contributed by atoms with van der Waals surface area (Å²) in [6.45, 7) is 6.06. The highest BCUT2D eigenvalue weighted by Crippen LogP contribution is 2.19. The zero-order valence-electron chi connectivity index (χ0n) is 15.1. The number of aryl methyl sites for hydroxylation is 3. The Hall–Kier alpha value is -1.91. The summed E-state index contributed by atoms with van der Waals surface area (Å²) >= 11 is 0. The first-order valence-electron chi connectivity index (χ1n) is 9.16. The highest BCUT2D eigenvalue weighted by molar-refractivity contribution is 5.76. The van der Waals surface area contributed by atoms with Gasteiger partial charge in [0, 0.05) is 29.9 Å². The van der Waals surface area contributed by atoms with E-state index in [-0.39, 0.29) is 5.91 Å². The molecule has 3 rings (SSSR count). The number of fused-ring (bicyclic) bond motifs is 1. The number of nitrogens with one attached hydrogen (secondary N) is 1. The Balaban J connectivity index is 1.65. The van der Waals surface area contributed by atoms with Crippen LogP contribution in [0.5, 0.6) is 0 Å². The van der Waals surface area contributed by atoms with Gasteiger partial charge in [0.25, 0.3) is 0 Å². The minimum Gasteiger partial charge on any atom is -0.353 e. The van der Waals surface area contributed by atoms with Gasteiger partial charge in [-0.15, -0.1) is 0 Å². The summed E-state index contributed by atoms with van der Waals surface area (Å²) in [4.78, 5) is 17.0. The Bertz CT molecular complexity index is 727. The summed E-state index contributed by atoms with van der Waals surface area (Å²) in [5.41, 5.74) is 5.08. The molecule has 0 aliphatic heterocycles. The number of hydrogen-bond acceptors (Lipinski definition) is 3. The maximum absolute atomic E-state index is 12.3. The van der Waals surface area contributed by atoms with Crippen molar-refractivity contribution in [2.45, 2.75) is 78.2 Å². The molecule has 1 N–H and O–H groups in total. The second-order valence-electron chi connectivity index (χ2n) is 7.07. The van der Waals surface area contributed by atoms with Crippen molar-refractivity contribution in [3.8, 4) is 0 Å². The Morgan fingerprint density at radius 3 is 2.62 bits per heavy atom. The van der Waals surface area contributed by atoms with Crippen molar-refractivity contribution in [3.05, 3.63) is 28.7 Å². The second kappa shape index (κ2) is 7.32. The van der Waals surface area contributed by atoms with Gasteiger partial charge in [-0.05, 0) is 45.6 Å². The molecule has 0 bridgehead atoms. The van der Waals surface area contributed by atoms with E-state index >= 15 is 0 Å². The number of rotatable bonds is 4. The van der Waals surface area contributed by atoms with Gasteiger partial charge in [-0.2, -0.15) is 5.10 Å². The van der Waals surface area contributed by atoms with Crippen LogP contribution in [0.1, 0.15) is 67.6 Å². The number of aromatic nitrogens is 3. The van der Waals surface area contributed by atoms with Crippen molar-refractivity contribution in [3.63, 3.8) is 0 Å². The van der Waals surface area contributed by atoms with Crippen molar-refractivity contribution in [1.29, 1.82) is 0 Å². The van der Waals surface area contributed by atoms with Crippen LogP contribution in [0.2, 0.25) is 0 Å². The number of carbonyl (C=O) groups is 1. The van der Waals surface area contributed by atoms with E-state index in [1.165, 1.54) is 25.7 Å². The van der Waals surface area contributed by atoms with Crippen LogP contribution in [0.4, 0.5) is 0 Å². The van der Waals surface area contributed by atoms with Crippen LogP contribution in [-0.2, 0) is 11.2 Å². The molecule has 5 heteroatoms. The van der Waals surface area contributed by atoms with Crippen LogP contribution in [0, 0.1) is 20.8 Å². The van der Waals surface area contributed by atoms with Crippen molar-refractivity contribution in [2.24, 2.45) is 0 Å². The third-order valence-electron chi connectivity index (χ3n) is 5.11. The predicted octanol–water partition coefficient (Wildman–Crippen LogP) is 3.43. The fourth-order valence-corrected chi connectivity index (χ4v) is 3.77. The molecule has 0 radical (unpaired) electrons. The lowest BCUT2D eigenvalue weighted by atomic mass is 10.1. The minimum absolute atomic E-state index is 0.164. The number of hydrogen-bond donors (Lipinski definition) is 1. The maximum atomic E-state index is 12.3. The minimum atomic E-state index is 0.164. The number of carbonyl (C=O) groups excluding carboxylic acids is 1. The summed E-state index contributed by atoms with van der Waals surface area (Å²) in [7, 11) is 0. The molecule has 2 aromatic rings. The number of nitrogens with zero attached hydrogens (tertiary/aromatic N) is 3. The second-order valence-corrected chi connectivity index (χ2v) is 7.07. The normalized spacial score (nSPS) is 16.3. The molecule has 0 saturated heterocycles. The van der Waals surface area contributed by atoms with E-state index in [4.69, 9.17) is 0 Å². The fourth-order valence-electron chi connectivity index (χ4n) is 3.77. The van der Waals surface area contributed by atoms with Gasteiger partial charge in [-0.1, -0.05) is 25.7 Å². The van der Waals surface area contributed by atoms with Gasteiger partial charge in [-0.25, -0.2) is 9.50 Å². The zero-order valence-corrected chi connectivity index (χ0v) is 15.1. The topological polar surface area (TPSA) is 59.3 Å². The van der Waals surface area contributed by atoms with E-state index in [2.05, 4.69) is 22.3 Å². The molecular weight excluding hydrogens is 300 g/mol. The van der Waals surface area contributed by atoms with Gasteiger partial charge in [0.2, 0.25) is 5.91 Å². The summed E-state index contributed by atoms with van der Waals surface area (Å²) in [6, 6.07) is 2.36. The highest BCUT2D eigenvalue weighted by Gasteiger charge is 2.16. The average Bonchev–Trinajstić information content (AvgIpc) is 2.73. The smallest absolute Gasteiger partial charge is 0.220 e. The van der Waals surface area contributed by atoms with E-state index in [0.717, 1.165) is 47.6 Å². The lowest BCUT2D eigenvalue weighted by Gasteiger charge is -2.17. The molecule has 24 heavy (non-hydrogen) atoms. The Morgan fingerprint density at radius 1 is 1.21 bits per heavy atom. The molecule has 5 nitrogen and oxygen atoms in total. The molecule has 2 aromatic heterocycles. The van der Waals surface area contributed by atoms with Gasteiger partial charge in [0.05, 0.1) is 5.69 Å². The monoisotopic (exact) mass is 328 g/mol. The molecule has 1 amide bonds. The van der Waals surface area contributed by atoms with Crippen LogP contribution in [0.25, 0.3) is 5.65 Å². The first-order chi connectivity index (χ1) is 11.5. The van der Waals surface area contributed by atoms with Crippen molar-refractivity contribution in [1.82, 2.24) is 19.9 Å². The third kappa shape index (κ3) is 3.77. The van der Waals surface area contributed by atoms with Gasteiger partial charge in [0.15, 0.2) is 5.65 Å². The summed E-state index contributed by atoms with van der Waals surface area (Å²) in [6.07, 6.45) is 8.59. The number of amides is 1. The maximum Gasteiger partial charge on any atom is 0.220 e. The lowest BCUT2D eigenvalue weighted by molar-refractivity contribution is -0.121. The van der Waals surface area contributed by atoms with Crippen molar-refractivity contribution >= 4 is 11.6 Å². The van der Waals surface area contributed by atoms with Gasteiger partial charge in [0.1, 0.15) is 0 Å². The first kappa shape index (κ1) is 16.9. The molecular formula is C19H28N4O. The molecule has 2 heterocycles. The van der Waals surface area contributed by atoms with Crippen LogP contribution in [0.3, 0.4) is 0 Å². The molecule has 0 unspecified atom stereocenters. The van der Waals surface area contributed by atoms with E-state index in [1.807, 2.05) is 24.4 Å². The van der Waals surface area contributed by atoms with E-state index < -0.39 is 0 Å². The van der Waals surface area contributed by atoms with Gasteiger partial charge < -0.3 is 5.32 Å². The van der Waals surface area contributed by atoms with E-state index in [0.29, 0.717) is 12.5 Å². The molecule has 1 aliphatic rings. The Morgan fingerprint density at radius 2 is 1.92 bits per heavy atom. The van der Waals surface area contributed by atoms with Gasteiger partial charge in [-0.3, -0.25) is 4.79 Å². The Labute approximate surface area is 143 Å². The summed E-state index contributed by atoms with van der Waals surface area (Å²) in [5.74, 6) is 0.164. The lowest BCUT2D eigenvalue weighted by Crippen LogP contribution is -2.34. The predicted molar refractivity (Wildman–Crippen MR) is 95.2 cm³/mol. The van der Waals surface area contributed by atoms with Crippen molar-refractivity contribution in [2.75, 3.05) is 0 Å². The van der Waals surface area contributed by atoms with Crippen LogP contribution < -0.4 is 5.32 Å². The van der Waals surface area contributed by atoms with Crippen LogP contribution >= 0.6 is 0 Å². The standard InChI is InChI=1S/C19H28N4O/c1-13-12-18-20-14(2)17(15(3)23(18)22-13)10-11-19(24)21-16-8-6-4-5-7-9-16/h12,16H,4-11H2,1-3H3,(H,21,24). The molecule has 1 fully saturated rings. The van der Waals surface area contributed by atoms with Gasteiger partial charge >= 0.3 is 0 Å². The highest BCUT2D eigenvalue weighted by atomic mass is 16.1. The first-order valence-corrected chi connectivity index (χ1v) is 9.16. The molecule has 0 atom stereocenters. The zero-order chi connectivity index (χ0) is 17.1. The molecule has 130 valence electrons. The van der Waals surface area contributed by atoms with E-state index in [1.54, 1.807) is 0 Å². The average molecular weight is 328 g/mol. The quantitative estimate of drug-likeness (QED) is 0.875. The summed E-state index contributed by atoms with van der Waals surface area (Å²) < 4.78 is 1.89. The summed E-state index contributed by atoms with van der Waals surface area (Å²) in [5, 5.41) is 7.73. The molecule has 1 aliphatic carbocycles. The molecule has 0 aromatic carbocycles. The molecule has 0 spiro atoms. The van der Waals surface area contributed by atoms with Crippen molar-refractivity contribution < 1.29 is 4.79 Å². The van der Waals surface area contributed by atoms with E-state index in [9.17, 15) is 4.79 Å². The van der Waals surface area contributed by atoms with Crippen LogP contribution in [-0.4, -0.2) is 26.5 Å². The largest absolute Gasteiger partial charge is 0.353 e. The molecule has 1 saturated carbocycles. The van der Waals surface area contributed by atoms with Crippen LogP contribution in [0.15, 0.2) is 6.07 Å². The third-order valence-corrected chi connectivity index (χ3v) is 5.11. The Kier molecular flexibility index (Phi) is 5.17.